The lowest BCUT2D eigenvalue weighted by Gasteiger charge is -2.05. The molecule has 0 fully saturated rings. The molecule has 102 valence electrons. The van der Waals surface area contributed by atoms with Gasteiger partial charge in [0, 0.05) is 12.2 Å². The maximum Gasteiger partial charge on any atom is 0.0653 e. The first-order valence-corrected chi connectivity index (χ1v) is 7.17. The minimum absolute atomic E-state index is 0.448. The number of aromatic nitrogens is 2. The first-order chi connectivity index (χ1) is 9.08. The van der Waals surface area contributed by atoms with Crippen LogP contribution in [-0.4, -0.2) is 9.78 Å². The van der Waals surface area contributed by atoms with Crippen LogP contribution in [0.25, 0.3) is 0 Å². The van der Waals surface area contributed by atoms with E-state index in [-0.39, 0.29) is 0 Å². The van der Waals surface area contributed by atoms with Gasteiger partial charge in [-0.25, -0.2) is 0 Å². The molecule has 0 aliphatic rings. The molecule has 0 unspecified atom stereocenters. The van der Waals surface area contributed by atoms with Crippen molar-refractivity contribution in [2.24, 2.45) is 0 Å². The molecule has 0 aliphatic heterocycles. The van der Waals surface area contributed by atoms with Gasteiger partial charge in [-0.1, -0.05) is 24.3 Å². The van der Waals surface area contributed by atoms with Crippen LogP contribution < -0.4 is 0 Å². The highest BCUT2D eigenvalue weighted by molar-refractivity contribution is 5.25. The lowest BCUT2D eigenvalue weighted by Crippen LogP contribution is -2.02. The molecule has 1 heterocycles. The summed E-state index contributed by atoms with van der Waals surface area (Å²) < 4.78 is 2.07. The lowest BCUT2D eigenvalue weighted by atomic mass is 10.0. The van der Waals surface area contributed by atoms with E-state index < -0.39 is 0 Å². The van der Waals surface area contributed by atoms with E-state index in [0.29, 0.717) is 6.04 Å². The molecule has 2 heteroatoms. The molecule has 0 spiro atoms. The van der Waals surface area contributed by atoms with Crippen LogP contribution in [0.15, 0.2) is 30.5 Å². The van der Waals surface area contributed by atoms with E-state index >= 15 is 0 Å². The topological polar surface area (TPSA) is 17.8 Å². The van der Waals surface area contributed by atoms with Crippen LogP contribution in [0.3, 0.4) is 0 Å². The number of nitrogens with zero attached hydrogens (tertiary/aromatic N) is 2. The van der Waals surface area contributed by atoms with E-state index in [4.69, 9.17) is 0 Å². The zero-order chi connectivity index (χ0) is 13.8. The molecule has 1 aromatic heterocycles. The molecular weight excluding hydrogens is 232 g/mol. The fourth-order valence-corrected chi connectivity index (χ4v) is 2.37. The van der Waals surface area contributed by atoms with Crippen LogP contribution in [-0.2, 0) is 12.8 Å². The molecule has 1 aromatic carbocycles. The van der Waals surface area contributed by atoms with Gasteiger partial charge in [0.15, 0.2) is 0 Å². The molecule has 0 bridgehead atoms. The van der Waals surface area contributed by atoms with E-state index in [1.54, 1.807) is 0 Å². The van der Waals surface area contributed by atoms with Crippen molar-refractivity contribution in [2.45, 2.75) is 53.0 Å². The third-order valence-electron chi connectivity index (χ3n) is 3.67. The zero-order valence-corrected chi connectivity index (χ0v) is 12.5. The summed E-state index contributed by atoms with van der Waals surface area (Å²) in [5.41, 5.74) is 5.43. The molecular formula is C17H24N2. The van der Waals surface area contributed by atoms with Crippen LogP contribution in [0.4, 0.5) is 0 Å². The van der Waals surface area contributed by atoms with Crippen LogP contribution in [0.2, 0.25) is 0 Å². The van der Waals surface area contributed by atoms with Gasteiger partial charge < -0.3 is 0 Å². The van der Waals surface area contributed by atoms with Crippen molar-refractivity contribution in [2.75, 3.05) is 0 Å². The van der Waals surface area contributed by atoms with Gasteiger partial charge in [0.2, 0.25) is 0 Å². The number of hydrogen-bond donors (Lipinski definition) is 0. The predicted molar refractivity (Wildman–Crippen MR) is 80.6 cm³/mol. The first kappa shape index (κ1) is 13.9. The van der Waals surface area contributed by atoms with E-state index in [9.17, 15) is 0 Å². The number of aryl methyl sites for hydroxylation is 4. The van der Waals surface area contributed by atoms with Gasteiger partial charge in [-0.3, -0.25) is 4.68 Å². The second kappa shape index (κ2) is 6.05. The maximum atomic E-state index is 4.68. The molecule has 0 N–H and O–H groups in total. The van der Waals surface area contributed by atoms with Crippen molar-refractivity contribution in [3.05, 3.63) is 52.8 Å². The standard InChI is InChI=1S/C17H24N2/c1-13(2)19-12-15(4)17(18-19)11-7-10-16-9-6-5-8-14(16)3/h5-6,8-9,12-13H,7,10-11H2,1-4H3. The Bertz CT molecular complexity index is 538. The molecule has 2 aromatic rings. The van der Waals surface area contributed by atoms with Gasteiger partial charge in [-0.15, -0.1) is 0 Å². The molecule has 0 aliphatic carbocycles. The van der Waals surface area contributed by atoms with Crippen LogP contribution >= 0.6 is 0 Å². The van der Waals surface area contributed by atoms with Crippen LogP contribution in [0.1, 0.15) is 48.7 Å². The Balaban J connectivity index is 1.94. The van der Waals surface area contributed by atoms with Crippen molar-refractivity contribution in [3.63, 3.8) is 0 Å². The molecule has 0 atom stereocenters. The monoisotopic (exact) mass is 256 g/mol. The molecule has 0 saturated carbocycles. The molecule has 0 amide bonds. The third kappa shape index (κ3) is 3.46. The van der Waals surface area contributed by atoms with E-state index in [2.05, 4.69) is 67.9 Å². The Morgan fingerprint density at radius 3 is 2.42 bits per heavy atom. The van der Waals surface area contributed by atoms with Gasteiger partial charge in [0.25, 0.3) is 0 Å². The minimum atomic E-state index is 0.448. The van der Waals surface area contributed by atoms with Crippen molar-refractivity contribution < 1.29 is 0 Å². The van der Waals surface area contributed by atoms with Gasteiger partial charge >= 0.3 is 0 Å². The van der Waals surface area contributed by atoms with E-state index in [1.807, 2.05) is 0 Å². The number of rotatable bonds is 5. The lowest BCUT2D eigenvalue weighted by molar-refractivity contribution is 0.525. The molecule has 2 rings (SSSR count). The second-order valence-corrected chi connectivity index (χ2v) is 5.61. The van der Waals surface area contributed by atoms with E-state index in [0.717, 1.165) is 12.8 Å². The van der Waals surface area contributed by atoms with Crippen molar-refractivity contribution in [1.82, 2.24) is 9.78 Å². The predicted octanol–water partition coefficient (Wildman–Crippen LogP) is 4.26. The quantitative estimate of drug-likeness (QED) is 0.781. The van der Waals surface area contributed by atoms with Gasteiger partial charge in [0.05, 0.1) is 5.69 Å². The summed E-state index contributed by atoms with van der Waals surface area (Å²) >= 11 is 0. The van der Waals surface area contributed by atoms with Crippen LogP contribution in [0.5, 0.6) is 0 Å². The SMILES string of the molecule is Cc1ccccc1CCCc1nn(C(C)C)cc1C. The molecule has 0 saturated heterocycles. The highest BCUT2D eigenvalue weighted by Gasteiger charge is 2.07. The Labute approximate surface area is 116 Å². The van der Waals surface area contributed by atoms with Crippen molar-refractivity contribution in [1.29, 1.82) is 0 Å². The van der Waals surface area contributed by atoms with Crippen LogP contribution in [0, 0.1) is 13.8 Å². The fourth-order valence-electron chi connectivity index (χ4n) is 2.37. The molecule has 2 nitrogen and oxygen atoms in total. The van der Waals surface area contributed by atoms with E-state index in [1.165, 1.54) is 28.8 Å². The average Bonchev–Trinajstić information content (AvgIpc) is 2.74. The summed E-state index contributed by atoms with van der Waals surface area (Å²) in [5, 5.41) is 4.68. The summed E-state index contributed by atoms with van der Waals surface area (Å²) in [7, 11) is 0. The summed E-state index contributed by atoms with van der Waals surface area (Å²) in [5.74, 6) is 0. The summed E-state index contributed by atoms with van der Waals surface area (Å²) in [6.07, 6.45) is 5.54. The van der Waals surface area contributed by atoms with Crippen molar-refractivity contribution >= 4 is 0 Å². The Morgan fingerprint density at radius 1 is 1.05 bits per heavy atom. The zero-order valence-electron chi connectivity index (χ0n) is 12.5. The van der Waals surface area contributed by atoms with Gasteiger partial charge in [-0.05, 0) is 63.6 Å². The summed E-state index contributed by atoms with van der Waals surface area (Å²) in [4.78, 5) is 0. The Morgan fingerprint density at radius 2 is 1.79 bits per heavy atom. The summed E-state index contributed by atoms with van der Waals surface area (Å²) in [6.45, 7) is 8.69. The van der Waals surface area contributed by atoms with Gasteiger partial charge in [-0.2, -0.15) is 5.10 Å². The minimum Gasteiger partial charge on any atom is -0.270 e. The fraction of sp³-hybridized carbons (Fsp3) is 0.471. The Kier molecular flexibility index (Phi) is 4.41. The highest BCUT2D eigenvalue weighted by atomic mass is 15.3. The van der Waals surface area contributed by atoms with Crippen molar-refractivity contribution in [3.8, 4) is 0 Å². The third-order valence-corrected chi connectivity index (χ3v) is 3.67. The number of benzene rings is 1. The van der Waals surface area contributed by atoms with Gasteiger partial charge in [0.1, 0.15) is 0 Å². The summed E-state index contributed by atoms with van der Waals surface area (Å²) in [6, 6.07) is 9.10. The number of hydrogen-bond acceptors (Lipinski definition) is 1. The average molecular weight is 256 g/mol. The normalized spacial score (nSPS) is 11.2. The molecule has 0 radical (unpaired) electrons. The highest BCUT2D eigenvalue weighted by Crippen LogP contribution is 2.15. The second-order valence-electron chi connectivity index (χ2n) is 5.61. The smallest absolute Gasteiger partial charge is 0.0653 e. The maximum absolute atomic E-state index is 4.68. The Hall–Kier alpha value is -1.57. The molecule has 19 heavy (non-hydrogen) atoms. The largest absolute Gasteiger partial charge is 0.270 e. The first-order valence-electron chi connectivity index (χ1n) is 7.17.